The van der Waals surface area contributed by atoms with E-state index in [-0.39, 0.29) is 11.7 Å². The molecule has 7 nitrogen and oxygen atoms in total. The zero-order chi connectivity index (χ0) is 25.8. The van der Waals surface area contributed by atoms with Crippen molar-refractivity contribution in [2.75, 3.05) is 23.9 Å². The van der Waals surface area contributed by atoms with Crippen LogP contribution in [0.3, 0.4) is 0 Å². The van der Waals surface area contributed by atoms with Crippen LogP contribution >= 0.6 is 0 Å². The van der Waals surface area contributed by atoms with Gasteiger partial charge in [0.25, 0.3) is 0 Å². The number of phenolic OH excluding ortho intramolecular Hbond substituents is 1. The predicted octanol–water partition coefficient (Wildman–Crippen LogP) is 6.35. The average molecular weight is 495 g/mol. The molecule has 0 amide bonds. The third kappa shape index (κ3) is 4.72. The van der Waals surface area contributed by atoms with Gasteiger partial charge in [-0.1, -0.05) is 61.0 Å². The van der Waals surface area contributed by atoms with Crippen LogP contribution < -0.4 is 10.2 Å². The number of aromatic hydroxyl groups is 1. The maximum atomic E-state index is 12.5. The highest BCUT2D eigenvalue weighted by Gasteiger charge is 2.46. The van der Waals surface area contributed by atoms with Crippen LogP contribution in [-0.2, 0) is 14.9 Å². The molecule has 1 heterocycles. The van der Waals surface area contributed by atoms with Crippen molar-refractivity contribution in [3.05, 3.63) is 90.5 Å². The largest absolute Gasteiger partial charge is 0.506 e. The van der Waals surface area contributed by atoms with E-state index in [9.17, 15) is 9.90 Å². The first-order valence-corrected chi connectivity index (χ1v) is 12.5. The van der Waals surface area contributed by atoms with Crippen molar-refractivity contribution in [1.82, 2.24) is 9.97 Å². The zero-order valence-electron chi connectivity index (χ0n) is 21.0. The molecule has 2 N–H and O–H groups in total. The number of benzene rings is 3. The summed E-state index contributed by atoms with van der Waals surface area (Å²) >= 11 is 0. The van der Waals surface area contributed by atoms with E-state index >= 15 is 0 Å². The van der Waals surface area contributed by atoms with Gasteiger partial charge in [-0.2, -0.15) is 4.98 Å². The lowest BCUT2D eigenvalue weighted by Crippen LogP contribution is -2.43. The smallest absolute Gasteiger partial charge is 0.316 e. The first kappa shape index (κ1) is 24.3. The van der Waals surface area contributed by atoms with Crippen LogP contribution in [-0.4, -0.2) is 34.7 Å². The molecular weight excluding hydrogens is 464 g/mol. The minimum Gasteiger partial charge on any atom is -0.506 e. The van der Waals surface area contributed by atoms with Gasteiger partial charge in [0, 0.05) is 23.9 Å². The molecule has 0 atom stereocenters. The molecule has 1 fully saturated rings. The van der Waals surface area contributed by atoms with E-state index in [2.05, 4.69) is 5.32 Å². The first-order chi connectivity index (χ1) is 18.0. The van der Waals surface area contributed by atoms with Gasteiger partial charge >= 0.3 is 5.97 Å². The lowest BCUT2D eigenvalue weighted by molar-refractivity contribution is -0.151. The summed E-state index contributed by atoms with van der Waals surface area (Å²) in [6.45, 7) is 2.62. The van der Waals surface area contributed by atoms with Crippen molar-refractivity contribution < 1.29 is 14.6 Å². The Balaban J connectivity index is 1.50. The second-order valence-electron chi connectivity index (χ2n) is 9.16. The van der Waals surface area contributed by atoms with Gasteiger partial charge in [0.05, 0.1) is 23.9 Å². The number of rotatable bonds is 8. The van der Waals surface area contributed by atoms with Crippen LogP contribution in [0.5, 0.6) is 5.75 Å². The van der Waals surface area contributed by atoms with Gasteiger partial charge in [-0.3, -0.25) is 4.79 Å². The Hall–Kier alpha value is -4.39. The third-order valence-corrected chi connectivity index (χ3v) is 7.02. The Morgan fingerprint density at radius 1 is 1.00 bits per heavy atom. The van der Waals surface area contributed by atoms with Crippen molar-refractivity contribution in [2.24, 2.45) is 0 Å². The molecule has 0 saturated heterocycles. The molecular formula is C30H30N4O3. The van der Waals surface area contributed by atoms with Crippen LogP contribution in [0.2, 0.25) is 0 Å². The fourth-order valence-corrected chi connectivity index (χ4v) is 4.87. The summed E-state index contributed by atoms with van der Waals surface area (Å²) in [5.74, 6) is 1.11. The maximum absolute atomic E-state index is 12.5. The van der Waals surface area contributed by atoms with Gasteiger partial charge in [-0.05, 0) is 49.6 Å². The fourth-order valence-electron chi connectivity index (χ4n) is 4.87. The number of carbonyl (C=O) groups is 1. The lowest BCUT2D eigenvalue weighted by Gasteiger charge is -2.39. The molecule has 3 aromatic carbocycles. The number of ether oxygens (including phenoxy) is 1. The molecule has 37 heavy (non-hydrogen) atoms. The molecule has 0 aliphatic heterocycles. The van der Waals surface area contributed by atoms with Crippen molar-refractivity contribution >= 4 is 29.1 Å². The number of anilines is 4. The maximum Gasteiger partial charge on any atom is 0.316 e. The summed E-state index contributed by atoms with van der Waals surface area (Å²) in [5, 5.41) is 13.8. The number of para-hydroxylation sites is 2. The Bertz CT molecular complexity index is 1390. The average Bonchev–Trinajstić information content (AvgIpc) is 2.91. The minimum absolute atomic E-state index is 0.174. The molecule has 1 aliphatic carbocycles. The van der Waals surface area contributed by atoms with E-state index in [4.69, 9.17) is 14.7 Å². The molecule has 5 rings (SSSR count). The summed E-state index contributed by atoms with van der Waals surface area (Å²) < 4.78 is 5.09. The van der Waals surface area contributed by atoms with Crippen LogP contribution in [0.15, 0.2) is 84.9 Å². The summed E-state index contributed by atoms with van der Waals surface area (Å²) in [6, 6.07) is 26.9. The number of methoxy groups -OCH3 is 1. The quantitative estimate of drug-likeness (QED) is 0.276. The second kappa shape index (κ2) is 10.3. The number of phenols is 1. The van der Waals surface area contributed by atoms with Crippen molar-refractivity contribution in [1.29, 1.82) is 0 Å². The lowest BCUT2D eigenvalue weighted by atomic mass is 9.64. The zero-order valence-corrected chi connectivity index (χ0v) is 21.0. The number of hydrogen-bond donors (Lipinski definition) is 2. The van der Waals surface area contributed by atoms with Crippen LogP contribution in [0.25, 0.3) is 11.3 Å². The minimum atomic E-state index is -0.538. The van der Waals surface area contributed by atoms with Gasteiger partial charge in [0.2, 0.25) is 5.95 Å². The molecule has 4 aromatic rings. The van der Waals surface area contributed by atoms with Gasteiger partial charge in [0.15, 0.2) is 0 Å². The SMILES string of the molecule is CCN(c1cc(-c2ccccc2)nc(Nc2ccc(C3(C(=O)OC)CCC3)cc2)n1)c1ccccc1O. The molecule has 188 valence electrons. The molecule has 1 aliphatic rings. The molecule has 1 saturated carbocycles. The van der Waals surface area contributed by atoms with Gasteiger partial charge in [-0.25, -0.2) is 4.98 Å². The van der Waals surface area contributed by atoms with E-state index in [0.717, 1.165) is 41.8 Å². The van der Waals surface area contributed by atoms with Crippen LogP contribution in [0.1, 0.15) is 31.7 Å². The van der Waals surface area contributed by atoms with E-state index in [1.807, 2.05) is 84.6 Å². The number of nitrogens with one attached hydrogen (secondary N) is 1. The fraction of sp³-hybridized carbons (Fsp3) is 0.233. The highest BCUT2D eigenvalue weighted by Crippen LogP contribution is 2.45. The number of esters is 1. The van der Waals surface area contributed by atoms with Gasteiger partial charge in [0.1, 0.15) is 11.6 Å². The van der Waals surface area contributed by atoms with Crippen molar-refractivity contribution in [2.45, 2.75) is 31.6 Å². The van der Waals surface area contributed by atoms with Crippen LogP contribution in [0, 0.1) is 0 Å². The first-order valence-electron chi connectivity index (χ1n) is 12.5. The van der Waals surface area contributed by atoms with Crippen LogP contribution in [0.4, 0.5) is 23.1 Å². The number of carbonyl (C=O) groups excluding carboxylic acids is 1. The predicted molar refractivity (Wildman–Crippen MR) is 146 cm³/mol. The summed E-state index contributed by atoms with van der Waals surface area (Å²) in [5.41, 5.74) is 3.63. The third-order valence-electron chi connectivity index (χ3n) is 7.02. The molecule has 0 bridgehead atoms. The number of aromatic nitrogens is 2. The Morgan fingerprint density at radius 2 is 1.70 bits per heavy atom. The summed E-state index contributed by atoms with van der Waals surface area (Å²) in [4.78, 5) is 24.0. The normalized spacial score (nSPS) is 13.9. The van der Waals surface area contributed by atoms with E-state index in [0.29, 0.717) is 24.0 Å². The van der Waals surface area contributed by atoms with Crippen molar-refractivity contribution in [3.8, 4) is 17.0 Å². The highest BCUT2D eigenvalue weighted by atomic mass is 16.5. The highest BCUT2D eigenvalue weighted by molar-refractivity contribution is 5.84. The Kier molecular flexibility index (Phi) is 6.77. The van der Waals surface area contributed by atoms with Crippen molar-refractivity contribution in [3.63, 3.8) is 0 Å². The van der Waals surface area contributed by atoms with E-state index < -0.39 is 5.41 Å². The molecule has 1 aromatic heterocycles. The molecule has 0 spiro atoms. The molecule has 7 heteroatoms. The van der Waals surface area contributed by atoms with E-state index in [1.165, 1.54) is 7.11 Å². The Labute approximate surface area is 216 Å². The Morgan fingerprint density at radius 3 is 2.32 bits per heavy atom. The molecule has 0 radical (unpaired) electrons. The van der Waals surface area contributed by atoms with Gasteiger partial charge < -0.3 is 20.1 Å². The number of hydrogen-bond acceptors (Lipinski definition) is 7. The topological polar surface area (TPSA) is 87.6 Å². The second-order valence-corrected chi connectivity index (χ2v) is 9.16. The summed E-state index contributed by atoms with van der Waals surface area (Å²) in [7, 11) is 1.45. The molecule has 0 unspecified atom stereocenters. The standard InChI is InChI=1S/C30H30N4O3/c1-3-34(25-12-7-8-13-26(25)35)27-20-24(21-10-5-4-6-11-21)32-29(33-27)31-23-16-14-22(15-17-23)30(18-9-19-30)28(36)37-2/h4-8,10-17,20,35H,3,9,18-19H2,1-2H3,(H,31,32,33). The van der Waals surface area contributed by atoms with Gasteiger partial charge in [-0.15, -0.1) is 0 Å². The number of nitrogens with zero attached hydrogens (tertiary/aromatic N) is 3. The van der Waals surface area contributed by atoms with E-state index in [1.54, 1.807) is 12.1 Å². The monoisotopic (exact) mass is 494 g/mol. The summed E-state index contributed by atoms with van der Waals surface area (Å²) in [6.07, 6.45) is 2.62.